The summed E-state index contributed by atoms with van der Waals surface area (Å²) in [5.41, 5.74) is 0. The van der Waals surface area contributed by atoms with Gasteiger partial charge >= 0.3 is 51.4 Å². The normalized spacial score (nSPS) is 12.7. The molecule has 0 heterocycles. The summed E-state index contributed by atoms with van der Waals surface area (Å²) in [4.78, 5) is 0. The van der Waals surface area contributed by atoms with Crippen molar-refractivity contribution in [3.05, 3.63) is 0 Å². The van der Waals surface area contributed by atoms with Crippen LogP contribution in [0.25, 0.3) is 0 Å². The summed E-state index contributed by atoms with van der Waals surface area (Å²) in [6.45, 7) is 2.26. The molecule has 0 aromatic heterocycles. The van der Waals surface area contributed by atoms with Crippen LogP contribution in [0.15, 0.2) is 0 Å². The molecular weight excluding hydrogens is 387 g/mol. The van der Waals surface area contributed by atoms with Gasteiger partial charge in [-0.25, -0.2) is 8.42 Å². The van der Waals surface area contributed by atoms with E-state index in [4.69, 9.17) is 5.11 Å². The van der Waals surface area contributed by atoms with Crippen LogP contribution in [-0.2, 0) is 10.1 Å². The maximum absolute atomic E-state index is 11.1. The molecule has 0 radical (unpaired) electrons. The van der Waals surface area contributed by atoms with E-state index >= 15 is 0 Å². The van der Waals surface area contributed by atoms with E-state index < -0.39 is 15.4 Å². The van der Waals surface area contributed by atoms with E-state index in [1.165, 1.54) is 70.6 Å². The predicted octanol–water partition coefficient (Wildman–Crippen LogP) is 2.94. The second-order valence-corrected chi connectivity index (χ2v) is 9.37. The van der Waals surface area contributed by atoms with Crippen molar-refractivity contribution in [1.82, 2.24) is 0 Å². The summed E-state index contributed by atoms with van der Waals surface area (Å²) >= 11 is 0. The molecule has 0 aromatic rings. The summed E-state index contributed by atoms with van der Waals surface area (Å²) in [7, 11) is -4.11. The largest absolute Gasteiger partial charge is 1.00 e. The van der Waals surface area contributed by atoms with Gasteiger partial charge in [0.1, 0.15) is 0 Å². The van der Waals surface area contributed by atoms with Crippen LogP contribution in [0, 0.1) is 0 Å². The van der Waals surface area contributed by atoms with Crippen molar-refractivity contribution in [3.8, 4) is 0 Å². The first kappa shape index (κ1) is 30.7. The summed E-state index contributed by atoms with van der Waals surface area (Å²) in [5, 5.41) is 8.04. The molecule has 0 aliphatic carbocycles. The van der Waals surface area contributed by atoms with Crippen LogP contribution in [0.2, 0.25) is 0 Å². The van der Waals surface area contributed by atoms with E-state index in [-0.39, 0.29) is 51.4 Å². The minimum absolute atomic E-state index is 0. The molecule has 1 atom stereocenters. The Morgan fingerprint density at radius 3 is 1.30 bits per heavy atom. The minimum Gasteiger partial charge on any atom is -0.748 e. The van der Waals surface area contributed by atoms with Gasteiger partial charge in [-0.2, -0.15) is 0 Å². The first-order valence-electron chi connectivity index (χ1n) is 11.1. The maximum Gasteiger partial charge on any atom is 1.00 e. The number of hydrogen-bond acceptors (Lipinski definition) is 4. The number of rotatable bonds is 20. The van der Waals surface area contributed by atoms with Gasteiger partial charge in [0.25, 0.3) is 0 Å². The Labute approximate surface area is 211 Å². The van der Waals surface area contributed by atoms with E-state index in [2.05, 4.69) is 0 Å². The fraction of sp³-hybridized carbons (Fsp3) is 1.00. The van der Waals surface area contributed by atoms with E-state index in [9.17, 15) is 13.0 Å². The third kappa shape index (κ3) is 22.0. The van der Waals surface area contributed by atoms with Crippen molar-refractivity contribution in [2.24, 2.45) is 0 Å². The Morgan fingerprint density at radius 1 is 0.667 bits per heavy atom. The molecule has 0 saturated heterocycles. The molecular formula is C21H43KO4S. The molecule has 0 aliphatic heterocycles. The van der Waals surface area contributed by atoms with Crippen molar-refractivity contribution in [1.29, 1.82) is 0 Å². The Kier molecular flexibility index (Phi) is 25.2. The van der Waals surface area contributed by atoms with Gasteiger partial charge in [0.15, 0.2) is 0 Å². The van der Waals surface area contributed by atoms with Crippen LogP contribution < -0.4 is 51.4 Å². The zero-order valence-corrected chi connectivity index (χ0v) is 22.0. The summed E-state index contributed by atoms with van der Waals surface area (Å²) < 4.78 is 33.4. The van der Waals surface area contributed by atoms with Crippen molar-refractivity contribution in [2.45, 2.75) is 128 Å². The van der Waals surface area contributed by atoms with Gasteiger partial charge in [0, 0.05) is 11.9 Å². The van der Waals surface area contributed by atoms with Crippen molar-refractivity contribution in [3.63, 3.8) is 0 Å². The van der Waals surface area contributed by atoms with E-state index in [0.29, 0.717) is 19.4 Å². The van der Waals surface area contributed by atoms with Crippen LogP contribution in [-0.4, -0.2) is 29.9 Å². The Morgan fingerprint density at radius 2 is 1.00 bits per heavy atom. The van der Waals surface area contributed by atoms with Crippen LogP contribution in [0.4, 0.5) is 0 Å². The Balaban J connectivity index is 0. The van der Waals surface area contributed by atoms with Crippen LogP contribution >= 0.6 is 0 Å². The predicted molar refractivity (Wildman–Crippen MR) is 109 cm³/mol. The SMILES string of the molecule is CCCC(CCCCCCCCCCCCCCCCCO)S(=O)(=O)[O-].[K+]. The molecule has 4 nitrogen and oxygen atoms in total. The van der Waals surface area contributed by atoms with Gasteiger partial charge in [0.05, 0.1) is 10.1 Å². The zero-order chi connectivity index (χ0) is 19.5. The quantitative estimate of drug-likeness (QED) is 0.183. The third-order valence-corrected chi connectivity index (χ3v) is 6.49. The summed E-state index contributed by atoms with van der Waals surface area (Å²) in [6.07, 6.45) is 20.1. The molecule has 0 aliphatic rings. The molecule has 0 rings (SSSR count). The number of aliphatic hydroxyl groups excluding tert-OH is 1. The summed E-state index contributed by atoms with van der Waals surface area (Å²) in [6, 6.07) is 0. The number of aliphatic hydroxyl groups is 1. The van der Waals surface area contributed by atoms with Gasteiger partial charge in [0.2, 0.25) is 0 Å². The first-order valence-corrected chi connectivity index (χ1v) is 12.5. The molecule has 6 heteroatoms. The summed E-state index contributed by atoms with van der Waals surface area (Å²) in [5.74, 6) is 0. The van der Waals surface area contributed by atoms with Gasteiger partial charge in [-0.1, -0.05) is 103 Å². The number of hydrogen-bond donors (Lipinski definition) is 1. The van der Waals surface area contributed by atoms with E-state index in [1.54, 1.807) is 0 Å². The molecule has 27 heavy (non-hydrogen) atoms. The second-order valence-electron chi connectivity index (χ2n) is 7.72. The van der Waals surface area contributed by atoms with Crippen LogP contribution in [0.3, 0.4) is 0 Å². The molecule has 0 bridgehead atoms. The first-order chi connectivity index (χ1) is 12.5. The average molecular weight is 431 g/mol. The van der Waals surface area contributed by atoms with Crippen LogP contribution in [0.1, 0.15) is 122 Å². The van der Waals surface area contributed by atoms with E-state index in [1.807, 2.05) is 6.92 Å². The Bertz CT molecular complexity index is 388. The molecule has 0 aromatic carbocycles. The smallest absolute Gasteiger partial charge is 0.748 e. The molecule has 0 saturated carbocycles. The van der Waals surface area contributed by atoms with E-state index in [0.717, 1.165) is 32.1 Å². The molecule has 1 unspecified atom stereocenters. The second kappa shape index (κ2) is 22.2. The topological polar surface area (TPSA) is 77.4 Å². The standard InChI is InChI=1S/C21H44O4S.K/c1-2-18-21(26(23,24)25)19-16-14-12-10-8-6-4-3-5-7-9-11-13-15-17-20-22;/h21-22H,2-20H2,1H3,(H,23,24,25);/q;+1/p-1. The zero-order valence-electron chi connectivity index (χ0n) is 18.1. The molecule has 0 fully saturated rings. The number of unbranched alkanes of at least 4 members (excludes halogenated alkanes) is 14. The fourth-order valence-corrected chi connectivity index (χ4v) is 4.52. The maximum atomic E-state index is 11.1. The van der Waals surface area contributed by atoms with Crippen molar-refractivity contribution >= 4 is 10.1 Å². The van der Waals surface area contributed by atoms with Gasteiger partial charge in [-0.05, 0) is 19.3 Å². The van der Waals surface area contributed by atoms with Crippen molar-refractivity contribution < 1.29 is 69.5 Å². The Hall–Kier alpha value is 1.51. The molecule has 0 spiro atoms. The van der Waals surface area contributed by atoms with Gasteiger partial charge in [-0.15, -0.1) is 0 Å². The van der Waals surface area contributed by atoms with Gasteiger partial charge < -0.3 is 9.66 Å². The van der Waals surface area contributed by atoms with Gasteiger partial charge in [-0.3, -0.25) is 0 Å². The molecule has 0 amide bonds. The molecule has 158 valence electrons. The van der Waals surface area contributed by atoms with Crippen LogP contribution in [0.5, 0.6) is 0 Å². The third-order valence-electron chi connectivity index (χ3n) is 5.20. The minimum atomic E-state index is -4.11. The van der Waals surface area contributed by atoms with Crippen molar-refractivity contribution in [2.75, 3.05) is 6.61 Å². The monoisotopic (exact) mass is 430 g/mol. The fourth-order valence-electron chi connectivity index (χ4n) is 3.54. The molecule has 1 N–H and O–H groups in total. The average Bonchev–Trinajstić information content (AvgIpc) is 2.59.